The zero-order valence-electron chi connectivity index (χ0n) is 11.2. The SMILES string of the molecule is CC1(C)Cc2nc3ncn4c(=S)[nH]nc4c3cc2CO1. The number of pyridine rings is 1. The highest BCUT2D eigenvalue weighted by Crippen LogP contribution is 2.29. The first-order chi connectivity index (χ1) is 9.53. The summed E-state index contributed by atoms with van der Waals surface area (Å²) in [4.78, 5) is 9.06. The van der Waals surface area contributed by atoms with Crippen molar-refractivity contribution in [3.8, 4) is 0 Å². The molecule has 0 radical (unpaired) electrons. The predicted octanol–water partition coefficient (Wildman–Crippen LogP) is 2.19. The van der Waals surface area contributed by atoms with Crippen LogP contribution in [0.5, 0.6) is 0 Å². The van der Waals surface area contributed by atoms with Gasteiger partial charge in [0, 0.05) is 12.0 Å². The van der Waals surface area contributed by atoms with Crippen molar-refractivity contribution < 1.29 is 4.74 Å². The Balaban J connectivity index is 2.03. The normalized spacial score (nSPS) is 17.5. The first-order valence-electron chi connectivity index (χ1n) is 6.42. The second kappa shape index (κ2) is 3.83. The average molecular weight is 287 g/mol. The highest BCUT2D eigenvalue weighted by molar-refractivity contribution is 7.71. The molecule has 1 N–H and O–H groups in total. The predicted molar refractivity (Wildman–Crippen MR) is 76.0 cm³/mol. The molecule has 0 atom stereocenters. The van der Waals surface area contributed by atoms with E-state index in [4.69, 9.17) is 17.0 Å². The van der Waals surface area contributed by atoms with Gasteiger partial charge < -0.3 is 4.74 Å². The van der Waals surface area contributed by atoms with Gasteiger partial charge >= 0.3 is 0 Å². The van der Waals surface area contributed by atoms with Crippen LogP contribution in [0, 0.1) is 4.77 Å². The molecule has 4 rings (SSSR count). The van der Waals surface area contributed by atoms with Crippen LogP contribution in [0.2, 0.25) is 0 Å². The summed E-state index contributed by atoms with van der Waals surface area (Å²) in [7, 11) is 0. The van der Waals surface area contributed by atoms with Crippen molar-refractivity contribution in [2.75, 3.05) is 0 Å². The number of ether oxygens (including phenoxy) is 1. The largest absolute Gasteiger partial charge is 0.370 e. The molecular formula is C13H13N5OS. The molecule has 3 aromatic rings. The number of aromatic nitrogens is 5. The molecule has 1 aliphatic heterocycles. The Labute approximate surface area is 119 Å². The van der Waals surface area contributed by atoms with Gasteiger partial charge in [-0.2, -0.15) is 5.10 Å². The van der Waals surface area contributed by atoms with Crippen molar-refractivity contribution in [3.05, 3.63) is 28.4 Å². The molecule has 0 saturated heterocycles. The fourth-order valence-electron chi connectivity index (χ4n) is 2.56. The van der Waals surface area contributed by atoms with E-state index in [-0.39, 0.29) is 5.60 Å². The third kappa shape index (κ3) is 1.66. The van der Waals surface area contributed by atoms with Gasteiger partial charge in [-0.1, -0.05) is 0 Å². The zero-order chi connectivity index (χ0) is 13.9. The van der Waals surface area contributed by atoms with E-state index in [0.717, 1.165) is 28.7 Å². The molecule has 0 fully saturated rings. The molecule has 0 aliphatic carbocycles. The summed E-state index contributed by atoms with van der Waals surface area (Å²) in [5, 5.41) is 7.92. The highest BCUT2D eigenvalue weighted by atomic mass is 32.1. The van der Waals surface area contributed by atoms with Gasteiger partial charge in [0.2, 0.25) is 4.77 Å². The van der Waals surface area contributed by atoms with Crippen molar-refractivity contribution in [3.63, 3.8) is 0 Å². The van der Waals surface area contributed by atoms with Crippen LogP contribution in [-0.2, 0) is 17.8 Å². The van der Waals surface area contributed by atoms with Crippen LogP contribution in [0.25, 0.3) is 16.7 Å². The van der Waals surface area contributed by atoms with Crippen LogP contribution < -0.4 is 0 Å². The summed E-state index contributed by atoms with van der Waals surface area (Å²) >= 11 is 5.16. The van der Waals surface area contributed by atoms with Crippen LogP contribution in [-0.4, -0.2) is 30.2 Å². The molecule has 20 heavy (non-hydrogen) atoms. The van der Waals surface area contributed by atoms with Gasteiger partial charge in [0.05, 0.1) is 23.3 Å². The Hall–Kier alpha value is -1.86. The molecule has 3 aromatic heterocycles. The van der Waals surface area contributed by atoms with Crippen molar-refractivity contribution >= 4 is 28.9 Å². The topological polar surface area (TPSA) is 68.1 Å². The summed E-state index contributed by atoms with van der Waals surface area (Å²) in [5.74, 6) is 0. The molecule has 0 aromatic carbocycles. The Morgan fingerprint density at radius 1 is 1.45 bits per heavy atom. The van der Waals surface area contributed by atoms with Gasteiger partial charge in [0.1, 0.15) is 6.33 Å². The number of hydrogen-bond donors (Lipinski definition) is 1. The summed E-state index contributed by atoms with van der Waals surface area (Å²) in [6, 6.07) is 2.06. The quantitative estimate of drug-likeness (QED) is 0.642. The minimum Gasteiger partial charge on any atom is -0.370 e. The van der Waals surface area contributed by atoms with Gasteiger partial charge in [-0.15, -0.1) is 0 Å². The number of hydrogen-bond acceptors (Lipinski definition) is 5. The number of nitrogens with one attached hydrogen (secondary N) is 1. The lowest BCUT2D eigenvalue weighted by Gasteiger charge is -2.31. The maximum atomic E-state index is 5.84. The van der Waals surface area contributed by atoms with Gasteiger partial charge in [-0.3, -0.25) is 9.50 Å². The van der Waals surface area contributed by atoms with Crippen molar-refractivity contribution in [1.82, 2.24) is 24.6 Å². The molecule has 0 spiro atoms. The van der Waals surface area contributed by atoms with E-state index in [9.17, 15) is 0 Å². The van der Waals surface area contributed by atoms with Crippen LogP contribution >= 0.6 is 12.2 Å². The molecule has 6 nitrogen and oxygen atoms in total. The van der Waals surface area contributed by atoms with Gasteiger partial charge in [-0.05, 0) is 32.1 Å². The van der Waals surface area contributed by atoms with Gasteiger partial charge in [-0.25, -0.2) is 9.97 Å². The summed E-state index contributed by atoms with van der Waals surface area (Å²) in [5.41, 5.74) is 3.43. The van der Waals surface area contributed by atoms with E-state index in [1.54, 1.807) is 10.7 Å². The molecule has 0 amide bonds. The Morgan fingerprint density at radius 3 is 3.15 bits per heavy atom. The first-order valence-corrected chi connectivity index (χ1v) is 6.82. The summed E-state index contributed by atoms with van der Waals surface area (Å²) in [6.07, 6.45) is 2.45. The molecule has 0 saturated carbocycles. The van der Waals surface area contributed by atoms with E-state index in [1.807, 2.05) is 0 Å². The van der Waals surface area contributed by atoms with Gasteiger partial charge in [0.15, 0.2) is 11.3 Å². The van der Waals surface area contributed by atoms with Crippen LogP contribution in [0.3, 0.4) is 0 Å². The van der Waals surface area contributed by atoms with E-state index >= 15 is 0 Å². The minimum atomic E-state index is -0.174. The molecule has 0 bridgehead atoms. The van der Waals surface area contributed by atoms with E-state index < -0.39 is 0 Å². The Kier molecular flexibility index (Phi) is 2.28. The second-order valence-corrected chi connectivity index (χ2v) is 6.04. The van der Waals surface area contributed by atoms with Crippen molar-refractivity contribution in [2.45, 2.75) is 32.5 Å². The smallest absolute Gasteiger partial charge is 0.200 e. The minimum absolute atomic E-state index is 0.174. The first kappa shape index (κ1) is 11.9. The third-order valence-electron chi connectivity index (χ3n) is 3.62. The molecule has 1 aliphatic rings. The number of fused-ring (bicyclic) bond motifs is 4. The molecule has 102 valence electrons. The van der Waals surface area contributed by atoms with Crippen LogP contribution in [0.4, 0.5) is 0 Å². The van der Waals surface area contributed by atoms with Crippen LogP contribution in [0.15, 0.2) is 12.4 Å². The standard InChI is InChI=1S/C13H13N5OS/c1-13(2)4-9-7(5-19-13)3-8-10(15-9)14-6-18-11(8)16-17-12(18)20/h3,6H,4-5H2,1-2H3,(H,17,20). The lowest BCUT2D eigenvalue weighted by Crippen LogP contribution is -2.32. The van der Waals surface area contributed by atoms with E-state index in [0.29, 0.717) is 17.0 Å². The number of nitrogens with zero attached hydrogens (tertiary/aromatic N) is 4. The average Bonchev–Trinajstić information content (AvgIpc) is 2.78. The number of H-pyrrole nitrogens is 1. The third-order valence-corrected chi connectivity index (χ3v) is 3.91. The highest BCUT2D eigenvalue weighted by Gasteiger charge is 2.27. The molecule has 4 heterocycles. The van der Waals surface area contributed by atoms with Crippen molar-refractivity contribution in [2.24, 2.45) is 0 Å². The second-order valence-electron chi connectivity index (χ2n) is 5.66. The molecule has 7 heteroatoms. The zero-order valence-corrected chi connectivity index (χ0v) is 12.0. The van der Waals surface area contributed by atoms with Gasteiger partial charge in [0.25, 0.3) is 0 Å². The summed E-state index contributed by atoms with van der Waals surface area (Å²) in [6.45, 7) is 4.72. The molecule has 0 unspecified atom stereocenters. The lowest BCUT2D eigenvalue weighted by molar-refractivity contribution is -0.0411. The fraction of sp³-hybridized carbons (Fsp3) is 0.385. The molecular weight excluding hydrogens is 274 g/mol. The van der Waals surface area contributed by atoms with Crippen LogP contribution in [0.1, 0.15) is 25.1 Å². The number of aromatic amines is 1. The Morgan fingerprint density at radius 2 is 2.30 bits per heavy atom. The number of rotatable bonds is 0. The monoisotopic (exact) mass is 287 g/mol. The van der Waals surface area contributed by atoms with Crippen molar-refractivity contribution in [1.29, 1.82) is 0 Å². The Bertz CT molecular complexity index is 895. The maximum absolute atomic E-state index is 5.84. The lowest BCUT2D eigenvalue weighted by atomic mass is 9.95. The van der Waals surface area contributed by atoms with E-state index in [2.05, 4.69) is 40.1 Å². The maximum Gasteiger partial charge on any atom is 0.200 e. The summed E-state index contributed by atoms with van der Waals surface area (Å²) < 4.78 is 8.12. The van der Waals surface area contributed by atoms with E-state index in [1.165, 1.54) is 0 Å². The fourth-order valence-corrected chi connectivity index (χ4v) is 2.74.